The van der Waals surface area contributed by atoms with Crippen LogP contribution in [-0.2, 0) is 20.7 Å². The highest BCUT2D eigenvalue weighted by Gasteiger charge is 2.24. The summed E-state index contributed by atoms with van der Waals surface area (Å²) in [6, 6.07) is 2.73. The molecule has 1 aromatic rings. The Kier molecular flexibility index (Phi) is 6.36. The number of carbonyl (C=O) groups is 2. The smallest absolute Gasteiger partial charge is 0.408 e. The fourth-order valence-electron chi connectivity index (χ4n) is 2.68. The summed E-state index contributed by atoms with van der Waals surface area (Å²) >= 11 is 0. The van der Waals surface area contributed by atoms with Crippen LogP contribution in [0.25, 0.3) is 0 Å². The number of ether oxygens (including phenoxy) is 2. The zero-order valence-electron chi connectivity index (χ0n) is 14.9. The van der Waals surface area contributed by atoms with Crippen LogP contribution in [0.3, 0.4) is 0 Å². The standard InChI is InChI=1S/C18H26N2O5/c1-18(2,3)25-17(23)20-15(16(21)22)10-12-4-5-14(19-11-12)13-6-8-24-9-7-13/h4-5,11,13,15H,6-10H2,1-3H3,(H,20,23)(H,21,22). The van der Waals surface area contributed by atoms with Crippen LogP contribution in [0.2, 0.25) is 0 Å². The summed E-state index contributed by atoms with van der Waals surface area (Å²) in [6.07, 6.45) is 2.98. The summed E-state index contributed by atoms with van der Waals surface area (Å²) < 4.78 is 10.5. The van der Waals surface area contributed by atoms with Gasteiger partial charge in [-0.05, 0) is 45.2 Å². The number of alkyl carbamates (subject to hydrolysis) is 1. The third-order valence-corrected chi connectivity index (χ3v) is 3.92. The van der Waals surface area contributed by atoms with Gasteiger partial charge in [-0.3, -0.25) is 4.98 Å². The Hall–Kier alpha value is -2.15. The van der Waals surface area contributed by atoms with E-state index in [1.54, 1.807) is 27.0 Å². The lowest BCUT2D eigenvalue weighted by Crippen LogP contribution is -2.44. The van der Waals surface area contributed by atoms with Crippen LogP contribution in [0.15, 0.2) is 18.3 Å². The van der Waals surface area contributed by atoms with Crippen molar-refractivity contribution < 1.29 is 24.2 Å². The number of hydrogen-bond donors (Lipinski definition) is 2. The molecular formula is C18H26N2O5. The van der Waals surface area contributed by atoms with Crippen LogP contribution in [0.5, 0.6) is 0 Å². The number of nitrogens with one attached hydrogen (secondary N) is 1. The predicted octanol–water partition coefficient (Wildman–Crippen LogP) is 2.50. The van der Waals surface area contributed by atoms with E-state index in [2.05, 4.69) is 10.3 Å². The molecule has 138 valence electrons. The van der Waals surface area contributed by atoms with Gasteiger partial charge < -0.3 is 19.9 Å². The van der Waals surface area contributed by atoms with Gasteiger partial charge >= 0.3 is 12.1 Å². The fourth-order valence-corrected chi connectivity index (χ4v) is 2.68. The molecule has 2 N–H and O–H groups in total. The van der Waals surface area contributed by atoms with Crippen LogP contribution < -0.4 is 5.32 Å². The van der Waals surface area contributed by atoms with E-state index in [0.29, 0.717) is 5.92 Å². The summed E-state index contributed by atoms with van der Waals surface area (Å²) in [5.74, 6) is -0.725. The summed E-state index contributed by atoms with van der Waals surface area (Å²) in [5.41, 5.74) is 1.07. The van der Waals surface area contributed by atoms with E-state index in [9.17, 15) is 14.7 Å². The largest absolute Gasteiger partial charge is 0.480 e. The van der Waals surface area contributed by atoms with Gasteiger partial charge in [-0.25, -0.2) is 9.59 Å². The predicted molar refractivity (Wildman–Crippen MR) is 91.5 cm³/mol. The van der Waals surface area contributed by atoms with E-state index in [1.807, 2.05) is 12.1 Å². The molecule has 0 bridgehead atoms. The molecule has 1 aliphatic rings. The van der Waals surface area contributed by atoms with E-state index in [4.69, 9.17) is 9.47 Å². The summed E-state index contributed by atoms with van der Waals surface area (Å²) in [6.45, 7) is 6.66. The molecule has 1 aliphatic heterocycles. The second-order valence-electron chi connectivity index (χ2n) is 7.22. The minimum Gasteiger partial charge on any atom is -0.480 e. The van der Waals surface area contributed by atoms with Crippen LogP contribution in [0, 0.1) is 0 Å². The molecule has 1 unspecified atom stereocenters. The van der Waals surface area contributed by atoms with Crippen molar-refractivity contribution in [3.05, 3.63) is 29.6 Å². The van der Waals surface area contributed by atoms with Gasteiger partial charge in [0.2, 0.25) is 0 Å². The maximum atomic E-state index is 11.8. The van der Waals surface area contributed by atoms with Crippen molar-refractivity contribution in [2.24, 2.45) is 0 Å². The van der Waals surface area contributed by atoms with E-state index < -0.39 is 23.7 Å². The molecule has 0 radical (unpaired) electrons. The maximum Gasteiger partial charge on any atom is 0.408 e. The van der Waals surface area contributed by atoms with Crippen LogP contribution in [0.1, 0.15) is 50.8 Å². The molecule has 2 rings (SSSR count). The lowest BCUT2D eigenvalue weighted by atomic mass is 9.95. The molecule has 0 spiro atoms. The molecule has 1 amide bonds. The van der Waals surface area contributed by atoms with Crippen molar-refractivity contribution >= 4 is 12.1 Å². The fraction of sp³-hybridized carbons (Fsp3) is 0.611. The van der Waals surface area contributed by atoms with Gasteiger partial charge in [-0.15, -0.1) is 0 Å². The molecule has 7 heteroatoms. The minimum atomic E-state index is -1.11. The highest BCUT2D eigenvalue weighted by Crippen LogP contribution is 2.25. The van der Waals surface area contributed by atoms with Crippen LogP contribution in [0.4, 0.5) is 4.79 Å². The van der Waals surface area contributed by atoms with Crippen molar-refractivity contribution in [1.82, 2.24) is 10.3 Å². The van der Waals surface area contributed by atoms with Crippen LogP contribution in [-0.4, -0.2) is 47.0 Å². The lowest BCUT2D eigenvalue weighted by molar-refractivity contribution is -0.139. The van der Waals surface area contributed by atoms with Crippen molar-refractivity contribution in [1.29, 1.82) is 0 Å². The van der Waals surface area contributed by atoms with Gasteiger partial charge in [0.1, 0.15) is 11.6 Å². The van der Waals surface area contributed by atoms with Crippen molar-refractivity contribution in [2.45, 2.75) is 57.6 Å². The first kappa shape index (κ1) is 19.2. The Balaban J connectivity index is 1.97. The molecule has 1 atom stereocenters. The Bertz CT molecular complexity index is 588. The van der Waals surface area contributed by atoms with E-state index in [-0.39, 0.29) is 6.42 Å². The molecule has 1 aromatic heterocycles. The Labute approximate surface area is 147 Å². The number of carbonyl (C=O) groups excluding carboxylic acids is 1. The maximum absolute atomic E-state index is 11.8. The highest BCUT2D eigenvalue weighted by molar-refractivity contribution is 5.80. The number of carboxylic acid groups (broad SMARTS) is 1. The number of amides is 1. The number of aliphatic carboxylic acids is 1. The molecule has 25 heavy (non-hydrogen) atoms. The second-order valence-corrected chi connectivity index (χ2v) is 7.22. The number of rotatable bonds is 5. The monoisotopic (exact) mass is 350 g/mol. The molecule has 1 saturated heterocycles. The van der Waals surface area contributed by atoms with Crippen molar-refractivity contribution in [2.75, 3.05) is 13.2 Å². The van der Waals surface area contributed by atoms with E-state index in [1.165, 1.54) is 0 Å². The number of aromatic nitrogens is 1. The first-order valence-electron chi connectivity index (χ1n) is 8.49. The number of pyridine rings is 1. The molecule has 0 saturated carbocycles. The third kappa shape index (κ3) is 6.34. The average Bonchev–Trinajstić information content (AvgIpc) is 2.54. The SMILES string of the molecule is CC(C)(C)OC(=O)NC(Cc1ccc(C2CCOCC2)nc1)C(=O)O. The first-order chi connectivity index (χ1) is 11.7. The zero-order valence-corrected chi connectivity index (χ0v) is 14.9. The highest BCUT2D eigenvalue weighted by atomic mass is 16.6. The second kappa shape index (κ2) is 8.29. The molecule has 7 nitrogen and oxygen atoms in total. The zero-order chi connectivity index (χ0) is 18.4. The van der Waals surface area contributed by atoms with E-state index >= 15 is 0 Å². The van der Waals surface area contributed by atoms with Gasteiger partial charge in [0.15, 0.2) is 0 Å². The average molecular weight is 350 g/mol. The quantitative estimate of drug-likeness (QED) is 0.847. The Morgan fingerprint density at radius 2 is 2.04 bits per heavy atom. The topological polar surface area (TPSA) is 97.8 Å². The van der Waals surface area contributed by atoms with Gasteiger partial charge in [0, 0.05) is 37.4 Å². The molecule has 2 heterocycles. The summed E-state index contributed by atoms with van der Waals surface area (Å²) in [7, 11) is 0. The van der Waals surface area contributed by atoms with E-state index in [0.717, 1.165) is 37.3 Å². The number of nitrogens with zero attached hydrogens (tertiary/aromatic N) is 1. The Morgan fingerprint density at radius 3 is 2.56 bits per heavy atom. The van der Waals surface area contributed by atoms with Gasteiger partial charge in [-0.1, -0.05) is 6.07 Å². The first-order valence-corrected chi connectivity index (χ1v) is 8.49. The van der Waals surface area contributed by atoms with Gasteiger partial charge in [-0.2, -0.15) is 0 Å². The summed E-state index contributed by atoms with van der Waals surface area (Å²) in [4.78, 5) is 27.7. The molecular weight excluding hydrogens is 324 g/mol. The minimum absolute atomic E-state index is 0.148. The normalized spacial score (nSPS) is 16.9. The third-order valence-electron chi connectivity index (χ3n) is 3.92. The van der Waals surface area contributed by atoms with Crippen LogP contribution >= 0.6 is 0 Å². The van der Waals surface area contributed by atoms with Gasteiger partial charge in [0.05, 0.1) is 0 Å². The number of hydrogen-bond acceptors (Lipinski definition) is 5. The number of carboxylic acids is 1. The van der Waals surface area contributed by atoms with Crippen molar-refractivity contribution in [3.8, 4) is 0 Å². The Morgan fingerprint density at radius 1 is 1.36 bits per heavy atom. The lowest BCUT2D eigenvalue weighted by Gasteiger charge is -2.22. The molecule has 1 fully saturated rings. The van der Waals surface area contributed by atoms with Gasteiger partial charge in [0.25, 0.3) is 0 Å². The molecule has 0 aliphatic carbocycles. The molecule has 0 aromatic carbocycles. The summed E-state index contributed by atoms with van der Waals surface area (Å²) in [5, 5.41) is 11.7. The van der Waals surface area contributed by atoms with Crippen molar-refractivity contribution in [3.63, 3.8) is 0 Å².